The van der Waals surface area contributed by atoms with Crippen molar-refractivity contribution in [3.05, 3.63) is 116 Å². The second-order valence-corrected chi connectivity index (χ2v) is 9.05. The van der Waals surface area contributed by atoms with E-state index in [1.54, 1.807) is 0 Å². The second kappa shape index (κ2) is 8.26. The quantitative estimate of drug-likeness (QED) is 0.228. The Hall–Kier alpha value is -1.83. The number of fused-ring (bicyclic) bond motifs is 6. The van der Waals surface area contributed by atoms with Gasteiger partial charge >= 0.3 is 0 Å². The molecule has 0 N–H and O–H groups in total. The summed E-state index contributed by atoms with van der Waals surface area (Å²) in [6.45, 7) is 0. The smallest absolute Gasteiger partial charge is 0.0479 e. The molecule has 6 rings (SSSR count). The number of hydrogen-bond acceptors (Lipinski definition) is 0. The van der Waals surface area contributed by atoms with E-state index in [0.717, 1.165) is 35.7 Å². The van der Waals surface area contributed by atoms with Crippen LogP contribution in [0.1, 0.15) is 33.4 Å². The Morgan fingerprint density at radius 2 is 0.935 bits per heavy atom. The minimum Gasteiger partial charge on any atom is -0.0837 e. The molecule has 0 aliphatic heterocycles. The fourth-order valence-corrected chi connectivity index (χ4v) is 5.75. The van der Waals surface area contributed by atoms with Gasteiger partial charge in [0.1, 0.15) is 0 Å². The molecule has 0 fully saturated rings. The van der Waals surface area contributed by atoms with Crippen molar-refractivity contribution in [2.45, 2.75) is 25.7 Å². The van der Waals surface area contributed by atoms with Crippen LogP contribution >= 0.6 is 23.2 Å². The van der Waals surface area contributed by atoms with Crippen LogP contribution in [0.5, 0.6) is 0 Å². The predicted molar refractivity (Wildman–Crippen MR) is 127 cm³/mol. The van der Waals surface area contributed by atoms with Crippen molar-refractivity contribution < 1.29 is 21.7 Å². The molecule has 0 saturated heterocycles. The minimum atomic E-state index is 0. The Bertz CT molecular complexity index is 1220. The van der Waals surface area contributed by atoms with Crippen molar-refractivity contribution in [3.8, 4) is 22.3 Å². The zero-order chi connectivity index (χ0) is 20.2. The zero-order valence-corrected chi connectivity index (χ0v) is 20.1. The van der Waals surface area contributed by atoms with E-state index >= 15 is 0 Å². The summed E-state index contributed by atoms with van der Waals surface area (Å²) in [5, 5.41) is 1.85. The fraction of sp³-hybridized carbons (Fsp3) is 0.143. The van der Waals surface area contributed by atoms with E-state index in [-0.39, 0.29) is 21.7 Å². The molecule has 0 atom stereocenters. The van der Waals surface area contributed by atoms with Crippen LogP contribution in [0.15, 0.2) is 72.8 Å². The first-order chi connectivity index (χ1) is 14.7. The van der Waals surface area contributed by atoms with Gasteiger partial charge in [-0.25, -0.2) is 0 Å². The fourth-order valence-electron chi connectivity index (χ4n) is 5.10. The normalized spacial score (nSPS) is 12.6. The van der Waals surface area contributed by atoms with Crippen molar-refractivity contribution >= 4 is 23.2 Å². The van der Waals surface area contributed by atoms with E-state index in [2.05, 4.69) is 72.8 Å². The van der Waals surface area contributed by atoms with Crippen LogP contribution in [0.4, 0.5) is 0 Å². The van der Waals surface area contributed by atoms with Gasteiger partial charge in [-0.15, -0.1) is 0 Å². The number of benzene rings is 4. The molecule has 0 amide bonds. The summed E-state index contributed by atoms with van der Waals surface area (Å²) in [4.78, 5) is 0. The minimum absolute atomic E-state index is 0. The first-order valence-electron chi connectivity index (χ1n) is 10.5. The molecule has 0 aromatic heterocycles. The van der Waals surface area contributed by atoms with E-state index in [0.29, 0.717) is 0 Å². The largest absolute Gasteiger partial charge is 0.0837 e. The van der Waals surface area contributed by atoms with Gasteiger partial charge in [0.2, 0.25) is 0 Å². The van der Waals surface area contributed by atoms with Crippen LogP contribution in [0.25, 0.3) is 22.3 Å². The SMILES string of the molecule is Clc1c(CCc2ccc3c(c2Cl)Cc2ccccc2-3)ccc2c1Cc1ccccc1-2.[Ti]. The van der Waals surface area contributed by atoms with Gasteiger partial charge in [0.25, 0.3) is 0 Å². The summed E-state index contributed by atoms with van der Waals surface area (Å²) < 4.78 is 0. The van der Waals surface area contributed by atoms with Crippen LogP contribution in [0.3, 0.4) is 0 Å². The van der Waals surface area contributed by atoms with Gasteiger partial charge in [-0.1, -0.05) is 96.0 Å². The van der Waals surface area contributed by atoms with Crippen molar-refractivity contribution in [1.29, 1.82) is 0 Å². The Labute approximate surface area is 208 Å². The molecule has 31 heavy (non-hydrogen) atoms. The zero-order valence-electron chi connectivity index (χ0n) is 17.0. The number of halogens is 2. The molecule has 0 bridgehead atoms. The first-order valence-corrected chi connectivity index (χ1v) is 11.2. The van der Waals surface area contributed by atoms with Crippen molar-refractivity contribution in [2.75, 3.05) is 0 Å². The van der Waals surface area contributed by atoms with Crippen LogP contribution in [0, 0.1) is 0 Å². The Morgan fingerprint density at radius 3 is 1.39 bits per heavy atom. The van der Waals surface area contributed by atoms with Crippen LogP contribution in [-0.2, 0) is 47.4 Å². The molecule has 2 aliphatic rings. The molecule has 3 heteroatoms. The monoisotopic (exact) mass is 474 g/mol. The standard InChI is InChI=1S/C28H20Cl2.Ti/c29-27-17(11-13-23-21-7-3-1-5-19(21)15-25(23)27)9-10-18-12-14-24-22-8-4-2-6-20(22)16-26(24)28(18)30;/h1-8,11-14H,9-10,15-16H2;. The molecule has 4 aromatic rings. The van der Waals surface area contributed by atoms with E-state index in [4.69, 9.17) is 23.2 Å². The molecular formula is C28H20Cl2Ti. The Balaban J connectivity index is 0.00000204. The van der Waals surface area contributed by atoms with Crippen LogP contribution < -0.4 is 0 Å². The van der Waals surface area contributed by atoms with Gasteiger partial charge in [-0.05, 0) is 68.5 Å². The third-order valence-electron chi connectivity index (χ3n) is 6.66. The van der Waals surface area contributed by atoms with E-state index in [9.17, 15) is 0 Å². The van der Waals surface area contributed by atoms with Gasteiger partial charge in [-0.2, -0.15) is 0 Å². The van der Waals surface area contributed by atoms with E-state index < -0.39 is 0 Å². The summed E-state index contributed by atoms with van der Waals surface area (Å²) >= 11 is 13.7. The van der Waals surface area contributed by atoms with Gasteiger partial charge in [-0.3, -0.25) is 0 Å². The summed E-state index contributed by atoms with van der Waals surface area (Å²) in [7, 11) is 0. The van der Waals surface area contributed by atoms with Gasteiger partial charge in [0.05, 0.1) is 0 Å². The molecule has 0 unspecified atom stereocenters. The van der Waals surface area contributed by atoms with Crippen molar-refractivity contribution in [2.24, 2.45) is 0 Å². The van der Waals surface area contributed by atoms with Gasteiger partial charge < -0.3 is 0 Å². The van der Waals surface area contributed by atoms with Crippen LogP contribution in [0.2, 0.25) is 10.0 Å². The topological polar surface area (TPSA) is 0 Å². The van der Waals surface area contributed by atoms with Gasteiger partial charge in [0.15, 0.2) is 0 Å². The molecule has 0 saturated carbocycles. The summed E-state index contributed by atoms with van der Waals surface area (Å²) in [5.41, 5.74) is 12.9. The molecule has 0 nitrogen and oxygen atoms in total. The average molecular weight is 475 g/mol. The average Bonchev–Trinajstić information content (AvgIpc) is 3.34. The summed E-state index contributed by atoms with van der Waals surface area (Å²) in [5.74, 6) is 0. The number of rotatable bonds is 3. The van der Waals surface area contributed by atoms with Crippen molar-refractivity contribution in [3.63, 3.8) is 0 Å². The predicted octanol–water partition coefficient (Wildman–Crippen LogP) is 7.92. The summed E-state index contributed by atoms with van der Waals surface area (Å²) in [6, 6.07) is 26.1. The van der Waals surface area contributed by atoms with E-state index in [1.807, 2.05) is 0 Å². The van der Waals surface area contributed by atoms with Crippen LogP contribution in [-0.4, -0.2) is 0 Å². The number of aryl methyl sites for hydroxylation is 2. The third kappa shape index (κ3) is 3.42. The first kappa shape index (κ1) is 21.0. The maximum Gasteiger partial charge on any atom is 0.0479 e. The second-order valence-electron chi connectivity index (χ2n) is 8.30. The molecule has 0 heterocycles. The van der Waals surface area contributed by atoms with E-state index in [1.165, 1.54) is 55.6 Å². The maximum absolute atomic E-state index is 6.87. The summed E-state index contributed by atoms with van der Waals surface area (Å²) in [6.07, 6.45) is 3.65. The third-order valence-corrected chi connectivity index (χ3v) is 7.60. The van der Waals surface area contributed by atoms with Crippen molar-refractivity contribution in [1.82, 2.24) is 0 Å². The molecule has 2 aliphatic carbocycles. The molecule has 4 aromatic carbocycles. The maximum atomic E-state index is 6.87. The van der Waals surface area contributed by atoms with Gasteiger partial charge in [0, 0.05) is 44.6 Å². The molecular weight excluding hydrogens is 455 g/mol. The Morgan fingerprint density at radius 1 is 0.516 bits per heavy atom. The molecule has 0 spiro atoms. The number of hydrogen-bond donors (Lipinski definition) is 0. The Kier molecular flexibility index (Phi) is 5.61. The molecule has 150 valence electrons. The molecule has 0 radical (unpaired) electrons.